The molecule has 290 valence electrons. The quantitative estimate of drug-likeness (QED) is 0.106. The summed E-state index contributed by atoms with van der Waals surface area (Å²) >= 11 is 1.32. The van der Waals surface area contributed by atoms with E-state index >= 15 is 0 Å². The van der Waals surface area contributed by atoms with Crippen LogP contribution in [0.15, 0.2) is 79.1 Å². The van der Waals surface area contributed by atoms with Gasteiger partial charge in [-0.05, 0) is 98.4 Å². The molecule has 0 radical (unpaired) electrons. The number of hydrogen-bond acceptors (Lipinski definition) is 9. The summed E-state index contributed by atoms with van der Waals surface area (Å²) in [5.74, 6) is -0.227. The first-order chi connectivity index (χ1) is 26.6. The van der Waals surface area contributed by atoms with E-state index in [2.05, 4.69) is 15.4 Å². The van der Waals surface area contributed by atoms with Crippen molar-refractivity contribution in [1.82, 2.24) is 25.2 Å². The van der Waals surface area contributed by atoms with Crippen molar-refractivity contribution in [2.75, 3.05) is 19.7 Å². The lowest BCUT2D eigenvalue weighted by molar-refractivity contribution is -0.148. The van der Waals surface area contributed by atoms with Crippen molar-refractivity contribution in [3.63, 3.8) is 0 Å². The maximum absolute atomic E-state index is 14.4. The number of aromatic nitrogens is 1. The third-order valence-electron chi connectivity index (χ3n) is 10.6. The standard InChI is InChI=1S/C41H48N5O7PS/c1-3-19-52-38(47)20-27(2)44-54(51,53-33-11-5-4-6-12-33)26-28-14-17-36-30(21-28)22-37(55-36)39(48)43-34-13-7-10-32-15-16-35(46(32)40(34)49)41(50)45-24-31(25-45)29-9-8-18-42-23-29/h4-6,8-9,11-12,14,17-18,21-23,27,31-32,34-35H,3,7,10,13,15-16,19-20,24-26H2,1-2H3,(H,43,48)(H,44,51)/t27?,32-,34?,35-,54?/m0/s1. The lowest BCUT2D eigenvalue weighted by atomic mass is 9.92. The zero-order valence-electron chi connectivity index (χ0n) is 31.2. The van der Waals surface area contributed by atoms with Crippen LogP contribution in [0.25, 0.3) is 10.1 Å². The summed E-state index contributed by atoms with van der Waals surface area (Å²) in [5.41, 5.74) is 1.84. The van der Waals surface area contributed by atoms with Crippen molar-refractivity contribution in [2.24, 2.45) is 0 Å². The minimum Gasteiger partial charge on any atom is -0.466 e. The molecular weight excluding hydrogens is 738 g/mol. The highest BCUT2D eigenvalue weighted by Crippen LogP contribution is 2.48. The minimum absolute atomic E-state index is 0.00398. The van der Waals surface area contributed by atoms with Crippen LogP contribution in [0.2, 0.25) is 0 Å². The molecule has 4 aromatic rings. The molecule has 0 saturated carbocycles. The molecule has 3 aliphatic heterocycles. The van der Waals surface area contributed by atoms with Gasteiger partial charge in [0.1, 0.15) is 17.8 Å². The number of rotatable bonds is 14. The summed E-state index contributed by atoms with van der Waals surface area (Å²) in [5, 5.41) is 6.89. The molecule has 3 amide bonds. The van der Waals surface area contributed by atoms with Crippen molar-refractivity contribution >= 4 is 52.6 Å². The van der Waals surface area contributed by atoms with Crippen LogP contribution in [0.3, 0.4) is 0 Å². The number of pyridine rings is 1. The topological polar surface area (TPSA) is 147 Å². The van der Waals surface area contributed by atoms with Gasteiger partial charge in [-0.1, -0.05) is 37.3 Å². The van der Waals surface area contributed by atoms with Crippen molar-refractivity contribution in [1.29, 1.82) is 0 Å². The normalized spacial score (nSPS) is 21.6. The second-order valence-corrected chi connectivity index (χ2v) is 18.0. The molecule has 0 aliphatic carbocycles. The molecule has 3 unspecified atom stereocenters. The average Bonchev–Trinajstić information content (AvgIpc) is 3.74. The Labute approximate surface area is 325 Å². The van der Waals surface area contributed by atoms with Gasteiger partial charge in [0.05, 0.1) is 24.1 Å². The van der Waals surface area contributed by atoms with Gasteiger partial charge in [-0.3, -0.25) is 28.7 Å². The Morgan fingerprint density at radius 1 is 1.02 bits per heavy atom. The third kappa shape index (κ3) is 9.11. The van der Waals surface area contributed by atoms with Gasteiger partial charge in [0.2, 0.25) is 11.8 Å². The molecule has 0 bridgehead atoms. The largest absolute Gasteiger partial charge is 0.466 e. The van der Waals surface area contributed by atoms with Gasteiger partial charge >= 0.3 is 13.5 Å². The van der Waals surface area contributed by atoms with Crippen LogP contribution < -0.4 is 14.9 Å². The average molecular weight is 786 g/mol. The van der Waals surface area contributed by atoms with Crippen molar-refractivity contribution in [2.45, 2.75) is 95.0 Å². The van der Waals surface area contributed by atoms with E-state index in [0.29, 0.717) is 49.6 Å². The number of hydrogen-bond donors (Lipinski definition) is 2. The molecule has 5 heterocycles. The molecule has 2 aromatic carbocycles. The van der Waals surface area contributed by atoms with E-state index < -0.39 is 25.6 Å². The van der Waals surface area contributed by atoms with Crippen LogP contribution in [0.5, 0.6) is 5.75 Å². The van der Waals surface area contributed by atoms with Gasteiger partial charge in [-0.15, -0.1) is 11.3 Å². The van der Waals surface area contributed by atoms with E-state index in [9.17, 15) is 23.7 Å². The molecule has 12 nitrogen and oxygen atoms in total. The molecule has 55 heavy (non-hydrogen) atoms. The molecule has 2 aromatic heterocycles. The van der Waals surface area contributed by atoms with Crippen LogP contribution in [-0.4, -0.2) is 82.3 Å². The molecule has 7 rings (SSSR count). The Morgan fingerprint density at radius 2 is 1.84 bits per heavy atom. The second-order valence-electron chi connectivity index (χ2n) is 14.8. The van der Waals surface area contributed by atoms with E-state index in [0.717, 1.165) is 40.5 Å². The number of benzene rings is 2. The van der Waals surface area contributed by atoms with Crippen LogP contribution in [-0.2, 0) is 29.8 Å². The predicted octanol–water partition coefficient (Wildman–Crippen LogP) is 6.66. The highest BCUT2D eigenvalue weighted by molar-refractivity contribution is 7.56. The van der Waals surface area contributed by atoms with E-state index in [1.54, 1.807) is 48.4 Å². The summed E-state index contributed by atoms with van der Waals surface area (Å²) in [7, 11) is -3.58. The lowest BCUT2D eigenvalue weighted by Crippen LogP contribution is -2.58. The van der Waals surface area contributed by atoms with Crippen LogP contribution in [0, 0.1) is 0 Å². The van der Waals surface area contributed by atoms with Gasteiger partial charge in [0.15, 0.2) is 0 Å². The second kappa shape index (κ2) is 17.1. The van der Waals surface area contributed by atoms with Crippen LogP contribution >= 0.6 is 18.9 Å². The van der Waals surface area contributed by atoms with E-state index in [4.69, 9.17) is 9.26 Å². The number of carbonyl (C=O) groups is 4. The molecule has 0 spiro atoms. The van der Waals surface area contributed by atoms with E-state index in [1.807, 2.05) is 54.4 Å². The van der Waals surface area contributed by atoms with Crippen LogP contribution in [0.1, 0.15) is 85.5 Å². The number of ether oxygens (including phenoxy) is 1. The number of esters is 1. The zero-order chi connectivity index (χ0) is 38.5. The highest BCUT2D eigenvalue weighted by Gasteiger charge is 2.47. The first-order valence-corrected chi connectivity index (χ1v) is 21.8. The summed E-state index contributed by atoms with van der Waals surface area (Å²) in [6, 6.07) is 18.6. The Hall–Kier alpha value is -4.58. The summed E-state index contributed by atoms with van der Waals surface area (Å²) in [6.45, 7) is 5.25. The zero-order valence-corrected chi connectivity index (χ0v) is 32.9. The molecule has 2 N–H and O–H groups in total. The molecule has 3 saturated heterocycles. The molecule has 5 atom stereocenters. The number of nitrogens with zero attached hydrogens (tertiary/aromatic N) is 3. The Balaban J connectivity index is 1.01. The number of para-hydroxylation sites is 1. The van der Waals surface area contributed by atoms with Gasteiger partial charge < -0.3 is 24.4 Å². The van der Waals surface area contributed by atoms with Crippen LogP contribution in [0.4, 0.5) is 0 Å². The summed E-state index contributed by atoms with van der Waals surface area (Å²) in [4.78, 5) is 62.0. The fraction of sp³-hybridized carbons (Fsp3) is 0.439. The van der Waals surface area contributed by atoms with E-state index in [-0.39, 0.29) is 48.2 Å². The maximum atomic E-state index is 14.4. The first-order valence-electron chi connectivity index (χ1n) is 19.2. The van der Waals surface area contributed by atoms with Gasteiger partial charge in [0.25, 0.3) is 5.91 Å². The molecule has 3 fully saturated rings. The summed E-state index contributed by atoms with van der Waals surface area (Å²) < 4.78 is 26.5. The number of fused-ring (bicyclic) bond motifs is 2. The highest BCUT2D eigenvalue weighted by atomic mass is 32.1. The number of thiophene rings is 1. The maximum Gasteiger partial charge on any atom is 0.321 e. The Morgan fingerprint density at radius 3 is 2.60 bits per heavy atom. The monoisotopic (exact) mass is 785 g/mol. The molecule has 3 aliphatic rings. The molecule has 14 heteroatoms. The fourth-order valence-electron chi connectivity index (χ4n) is 7.87. The van der Waals surface area contributed by atoms with Crippen molar-refractivity contribution in [3.8, 4) is 5.75 Å². The number of carbonyl (C=O) groups excluding carboxylic acids is 4. The van der Waals surface area contributed by atoms with E-state index in [1.165, 1.54) is 11.3 Å². The van der Waals surface area contributed by atoms with Gasteiger partial charge in [0, 0.05) is 48.2 Å². The number of nitrogens with one attached hydrogen (secondary N) is 2. The lowest BCUT2D eigenvalue weighted by Gasteiger charge is -2.42. The van der Waals surface area contributed by atoms with Gasteiger partial charge in [-0.25, -0.2) is 5.09 Å². The smallest absolute Gasteiger partial charge is 0.321 e. The first kappa shape index (κ1) is 38.7. The fourth-order valence-corrected chi connectivity index (χ4v) is 10.9. The molecular formula is C41H48N5O7PS. The van der Waals surface area contributed by atoms with Gasteiger partial charge in [-0.2, -0.15) is 0 Å². The van der Waals surface area contributed by atoms with Crippen molar-refractivity contribution in [3.05, 3.63) is 95.1 Å². The third-order valence-corrected chi connectivity index (χ3v) is 13.8. The number of likely N-dealkylation sites (tertiary alicyclic amines) is 1. The minimum atomic E-state index is -3.58. The Bertz CT molecular complexity index is 2060. The SMILES string of the molecule is CCCOC(=O)CC(C)NP(=O)(Cc1ccc2sc(C(=O)NC3CCC[C@H]4CC[C@@H](C(=O)N5CC(c6cccnc6)C5)N4C3=O)cc2c1)Oc1ccccc1. The Kier molecular flexibility index (Phi) is 12.0. The van der Waals surface area contributed by atoms with Crippen molar-refractivity contribution < 1.29 is 33.0 Å². The number of amides is 3. The predicted molar refractivity (Wildman–Crippen MR) is 211 cm³/mol. The summed E-state index contributed by atoms with van der Waals surface area (Å²) in [6.07, 6.45) is 7.88.